The van der Waals surface area contributed by atoms with Gasteiger partial charge in [-0.1, -0.05) is 99.6 Å². The van der Waals surface area contributed by atoms with Crippen molar-refractivity contribution in [1.29, 1.82) is 0 Å². The van der Waals surface area contributed by atoms with E-state index in [2.05, 4.69) is 81.6 Å². The second-order valence-corrected chi connectivity index (χ2v) is 14.7. The second-order valence-electron chi connectivity index (χ2n) is 10.1. The van der Waals surface area contributed by atoms with E-state index < -0.39 is 8.07 Å². The van der Waals surface area contributed by atoms with Crippen LogP contribution in [-0.2, 0) is 12.8 Å². The van der Waals surface area contributed by atoms with Crippen LogP contribution in [0.4, 0.5) is 0 Å². The molecule has 3 atom stereocenters. The van der Waals surface area contributed by atoms with E-state index in [1.807, 2.05) is 0 Å². The summed E-state index contributed by atoms with van der Waals surface area (Å²) in [6, 6.07) is 14.3. The van der Waals surface area contributed by atoms with Crippen LogP contribution in [-0.4, -0.2) is 8.07 Å². The van der Waals surface area contributed by atoms with Crippen LogP contribution in [0.5, 0.6) is 0 Å². The first-order valence-electron chi connectivity index (χ1n) is 11.7. The predicted molar refractivity (Wildman–Crippen MR) is 129 cm³/mol. The lowest BCUT2D eigenvalue weighted by Crippen LogP contribution is -2.35. The Hall–Kier alpha value is -1.86. The van der Waals surface area contributed by atoms with Gasteiger partial charge in [0.15, 0.2) is 0 Å². The second kappa shape index (κ2) is 7.13. The molecule has 3 aliphatic carbocycles. The average Bonchev–Trinajstić information content (AvgIpc) is 3.42. The highest BCUT2D eigenvalue weighted by Gasteiger charge is 2.42. The molecule has 150 valence electrons. The maximum Gasteiger partial charge on any atom is 0.0923 e. The number of allylic oxidation sites excluding steroid dienone is 2. The summed E-state index contributed by atoms with van der Waals surface area (Å²) in [5.41, 5.74) is 10.1. The van der Waals surface area contributed by atoms with Gasteiger partial charge in [0, 0.05) is 11.5 Å². The van der Waals surface area contributed by atoms with Gasteiger partial charge in [-0.05, 0) is 58.6 Å². The van der Waals surface area contributed by atoms with Crippen molar-refractivity contribution in [2.75, 3.05) is 0 Å². The van der Waals surface area contributed by atoms with Gasteiger partial charge in [-0.25, -0.2) is 0 Å². The fourth-order valence-electron chi connectivity index (χ4n) is 6.23. The third-order valence-corrected chi connectivity index (χ3v) is 11.8. The average molecular weight is 399 g/mol. The highest BCUT2D eigenvalue weighted by molar-refractivity contribution is 6.96. The standard InChI is InChI=1S/C28H34Si/c1-5-9-19(2)24-18-28(26-17-22-12-8-11-21(22)16-25(24)26)29(3,4)27-15-14-20-10-6-7-13-23(20)27/h6-7,10,13-19,24,27H,5,8-9,11-12H2,1-4H3. The summed E-state index contributed by atoms with van der Waals surface area (Å²) in [5, 5.41) is 1.72. The van der Waals surface area contributed by atoms with Crippen molar-refractivity contribution in [3.63, 3.8) is 0 Å². The minimum atomic E-state index is -1.71. The first kappa shape index (κ1) is 19.1. The Morgan fingerprint density at radius 3 is 2.59 bits per heavy atom. The normalized spacial score (nSPS) is 23.0. The minimum Gasteiger partial charge on any atom is -0.0787 e. The summed E-state index contributed by atoms with van der Waals surface area (Å²) < 4.78 is 0. The molecule has 0 radical (unpaired) electrons. The van der Waals surface area contributed by atoms with Gasteiger partial charge in [0.25, 0.3) is 0 Å². The van der Waals surface area contributed by atoms with Crippen LogP contribution in [0.2, 0.25) is 13.1 Å². The Labute approximate surface area is 177 Å². The van der Waals surface area contributed by atoms with E-state index in [0.29, 0.717) is 11.5 Å². The number of rotatable bonds is 5. The third kappa shape index (κ3) is 3.01. The van der Waals surface area contributed by atoms with Crippen LogP contribution in [0, 0.1) is 5.92 Å². The van der Waals surface area contributed by atoms with Crippen LogP contribution in [0.25, 0.3) is 11.3 Å². The van der Waals surface area contributed by atoms with Crippen molar-refractivity contribution in [1.82, 2.24) is 0 Å². The van der Waals surface area contributed by atoms with E-state index in [1.165, 1.54) is 37.7 Å². The van der Waals surface area contributed by atoms with Crippen molar-refractivity contribution < 1.29 is 0 Å². The van der Waals surface area contributed by atoms with E-state index in [-0.39, 0.29) is 0 Å². The third-order valence-electron chi connectivity index (χ3n) is 7.89. The number of fused-ring (bicyclic) bond motifs is 3. The van der Waals surface area contributed by atoms with Gasteiger partial charge in [-0.15, -0.1) is 0 Å². The monoisotopic (exact) mass is 398 g/mol. The molecule has 0 saturated carbocycles. The van der Waals surface area contributed by atoms with Crippen LogP contribution in [0.15, 0.2) is 48.6 Å². The van der Waals surface area contributed by atoms with Crippen LogP contribution >= 0.6 is 0 Å². The van der Waals surface area contributed by atoms with E-state index >= 15 is 0 Å². The van der Waals surface area contributed by atoms with Crippen molar-refractivity contribution in [2.24, 2.45) is 5.92 Å². The zero-order valence-corrected chi connectivity index (χ0v) is 19.5. The lowest BCUT2D eigenvalue weighted by Gasteiger charge is -2.32. The highest BCUT2D eigenvalue weighted by atomic mass is 28.3. The van der Waals surface area contributed by atoms with E-state index in [4.69, 9.17) is 0 Å². The number of hydrogen-bond donors (Lipinski definition) is 0. The molecule has 3 aliphatic rings. The minimum absolute atomic E-state index is 0.589. The molecule has 0 spiro atoms. The van der Waals surface area contributed by atoms with Crippen LogP contribution < -0.4 is 0 Å². The molecule has 2 aromatic rings. The lowest BCUT2D eigenvalue weighted by molar-refractivity contribution is 0.481. The number of aryl methyl sites for hydroxylation is 2. The summed E-state index contributed by atoms with van der Waals surface area (Å²) in [5.74, 6) is 1.34. The SMILES string of the molecule is CCCC(C)C1C=C([Si](C)(C)C2C=Cc3ccccc32)c2cc3c(cc21)CCC3. The van der Waals surface area contributed by atoms with Crippen molar-refractivity contribution in [2.45, 2.75) is 70.5 Å². The molecule has 0 N–H and O–H groups in total. The summed E-state index contributed by atoms with van der Waals surface area (Å²) in [7, 11) is -1.71. The Kier molecular flexibility index (Phi) is 4.70. The maximum absolute atomic E-state index is 2.72. The molecule has 0 fully saturated rings. The quantitative estimate of drug-likeness (QED) is 0.453. The lowest BCUT2D eigenvalue weighted by atomic mass is 9.85. The fraction of sp³-hybridized carbons (Fsp3) is 0.429. The largest absolute Gasteiger partial charge is 0.0923 e. The zero-order valence-electron chi connectivity index (χ0n) is 18.5. The van der Waals surface area contributed by atoms with Gasteiger partial charge in [0.1, 0.15) is 0 Å². The van der Waals surface area contributed by atoms with Gasteiger partial charge >= 0.3 is 0 Å². The smallest absolute Gasteiger partial charge is 0.0787 e. The highest BCUT2D eigenvalue weighted by Crippen LogP contribution is 2.51. The van der Waals surface area contributed by atoms with Gasteiger partial charge in [-0.2, -0.15) is 0 Å². The molecule has 0 nitrogen and oxygen atoms in total. The van der Waals surface area contributed by atoms with Gasteiger partial charge in [0.2, 0.25) is 0 Å². The van der Waals surface area contributed by atoms with Crippen molar-refractivity contribution >= 4 is 19.3 Å². The molecular formula is C28H34Si. The van der Waals surface area contributed by atoms with Gasteiger partial charge in [-0.3, -0.25) is 0 Å². The topological polar surface area (TPSA) is 0 Å². The molecule has 5 rings (SSSR count). The number of benzene rings is 2. The first-order valence-corrected chi connectivity index (χ1v) is 14.7. The molecule has 2 aromatic carbocycles. The summed E-state index contributed by atoms with van der Waals surface area (Å²) in [6.45, 7) is 10.0. The Bertz CT molecular complexity index is 1010. The molecular weight excluding hydrogens is 364 g/mol. The summed E-state index contributed by atoms with van der Waals surface area (Å²) >= 11 is 0. The molecule has 3 unspecified atom stereocenters. The van der Waals surface area contributed by atoms with Gasteiger partial charge in [0.05, 0.1) is 8.07 Å². The number of hydrogen-bond acceptors (Lipinski definition) is 0. The molecule has 1 heteroatoms. The zero-order chi connectivity index (χ0) is 20.2. The Balaban J connectivity index is 1.61. The molecule has 0 amide bonds. The van der Waals surface area contributed by atoms with Crippen molar-refractivity contribution in [3.05, 3.63) is 81.9 Å². The maximum atomic E-state index is 2.72. The van der Waals surface area contributed by atoms with E-state index in [9.17, 15) is 0 Å². The molecule has 0 heterocycles. The summed E-state index contributed by atoms with van der Waals surface area (Å²) in [4.78, 5) is 0. The molecule has 0 saturated heterocycles. The Morgan fingerprint density at radius 1 is 1.03 bits per heavy atom. The van der Waals surface area contributed by atoms with E-state index in [0.717, 1.165) is 5.92 Å². The molecule has 29 heavy (non-hydrogen) atoms. The molecule has 0 aliphatic heterocycles. The van der Waals surface area contributed by atoms with Gasteiger partial charge < -0.3 is 0 Å². The first-order chi connectivity index (χ1) is 14.0. The molecule has 0 aromatic heterocycles. The van der Waals surface area contributed by atoms with E-state index in [1.54, 1.807) is 33.0 Å². The summed E-state index contributed by atoms with van der Waals surface area (Å²) in [6.07, 6.45) is 14.1. The van der Waals surface area contributed by atoms with Crippen molar-refractivity contribution in [3.8, 4) is 0 Å². The molecule has 0 bridgehead atoms. The fourth-order valence-corrected chi connectivity index (χ4v) is 9.70. The van der Waals surface area contributed by atoms with Crippen LogP contribution in [0.3, 0.4) is 0 Å². The predicted octanol–water partition coefficient (Wildman–Crippen LogP) is 7.69. The Morgan fingerprint density at radius 2 is 1.79 bits per heavy atom. The van der Waals surface area contributed by atoms with Crippen LogP contribution in [0.1, 0.15) is 77.9 Å².